The van der Waals surface area contributed by atoms with Gasteiger partial charge in [0.05, 0.1) is 12.1 Å². The number of carbonyl (C=O) groups is 2. The van der Waals surface area contributed by atoms with Crippen molar-refractivity contribution >= 4 is 27.3 Å². The molecule has 2 amide bonds. The van der Waals surface area contributed by atoms with Crippen molar-refractivity contribution in [3.63, 3.8) is 0 Å². The summed E-state index contributed by atoms with van der Waals surface area (Å²) in [5.41, 5.74) is 2.47. The molecule has 0 radical (unpaired) electrons. The highest BCUT2D eigenvalue weighted by molar-refractivity contribution is 7.91. The van der Waals surface area contributed by atoms with E-state index in [4.69, 9.17) is 4.74 Å². The standard InChI is InChI=1S/C29H33F3N4O5S/c1-6-18-13-21(41-16-29(30,31)32)11-12-22(18)28(4)15-36-26(27(38)34-28)25(33-23(37)14-42(5,39)40)24(35-36)20-9-7-19(8-10-20)17(2)3/h7-13,17H,6,14-16H2,1-5H3,(H,33,37)(H,34,38)/t28-/m1/s1. The van der Waals surface area contributed by atoms with Crippen molar-refractivity contribution in [2.75, 3.05) is 23.9 Å². The highest BCUT2D eigenvalue weighted by atomic mass is 32.2. The first-order valence-corrected chi connectivity index (χ1v) is 15.4. The van der Waals surface area contributed by atoms with Crippen molar-refractivity contribution in [3.8, 4) is 17.0 Å². The Morgan fingerprint density at radius 2 is 1.86 bits per heavy atom. The minimum absolute atomic E-state index is 0.0560. The molecule has 13 heteroatoms. The van der Waals surface area contributed by atoms with E-state index in [9.17, 15) is 31.2 Å². The van der Waals surface area contributed by atoms with Crippen LogP contribution in [0, 0.1) is 0 Å². The minimum atomic E-state index is -4.48. The zero-order valence-electron chi connectivity index (χ0n) is 23.9. The van der Waals surface area contributed by atoms with E-state index in [0.29, 0.717) is 28.8 Å². The van der Waals surface area contributed by atoms with Crippen LogP contribution >= 0.6 is 0 Å². The molecule has 1 aromatic heterocycles. The molecule has 1 atom stereocenters. The van der Waals surface area contributed by atoms with Crippen molar-refractivity contribution in [2.45, 2.75) is 58.3 Å². The van der Waals surface area contributed by atoms with Gasteiger partial charge in [-0.25, -0.2) is 8.42 Å². The molecule has 2 heterocycles. The number of aromatic nitrogens is 2. The van der Waals surface area contributed by atoms with Crippen LogP contribution in [0.15, 0.2) is 42.5 Å². The number of halogens is 3. The normalized spacial score (nSPS) is 17.1. The molecule has 1 aliphatic rings. The monoisotopic (exact) mass is 606 g/mol. The first-order chi connectivity index (χ1) is 19.5. The van der Waals surface area contributed by atoms with Gasteiger partial charge in [0.2, 0.25) is 5.91 Å². The van der Waals surface area contributed by atoms with E-state index in [1.54, 1.807) is 13.0 Å². The summed E-state index contributed by atoms with van der Waals surface area (Å²) in [6, 6.07) is 12.1. The van der Waals surface area contributed by atoms with Gasteiger partial charge in [0, 0.05) is 11.8 Å². The van der Waals surface area contributed by atoms with E-state index in [1.807, 2.05) is 45.0 Å². The number of ether oxygens (including phenoxy) is 1. The second-order valence-corrected chi connectivity index (χ2v) is 13.1. The van der Waals surface area contributed by atoms with Crippen LogP contribution in [0.3, 0.4) is 0 Å². The number of hydrogen-bond acceptors (Lipinski definition) is 6. The number of hydrogen-bond donors (Lipinski definition) is 2. The predicted octanol–water partition coefficient (Wildman–Crippen LogP) is 4.82. The van der Waals surface area contributed by atoms with E-state index in [2.05, 4.69) is 15.7 Å². The van der Waals surface area contributed by atoms with Gasteiger partial charge in [-0.05, 0) is 48.1 Å². The van der Waals surface area contributed by atoms with Crippen molar-refractivity contribution in [2.24, 2.45) is 0 Å². The van der Waals surface area contributed by atoms with Crippen LogP contribution in [0.1, 0.15) is 60.8 Å². The van der Waals surface area contributed by atoms with Gasteiger partial charge >= 0.3 is 6.18 Å². The predicted molar refractivity (Wildman–Crippen MR) is 152 cm³/mol. The number of sulfone groups is 1. The van der Waals surface area contributed by atoms with Gasteiger partial charge in [0.1, 0.15) is 22.9 Å². The first-order valence-electron chi connectivity index (χ1n) is 13.3. The molecule has 0 bridgehead atoms. The Kier molecular flexibility index (Phi) is 8.45. The Hall–Kier alpha value is -3.87. The number of anilines is 1. The SMILES string of the molecule is CCc1cc(OCC(F)(F)F)ccc1[C@@]1(C)Cn2nc(-c3ccc(C(C)C)cc3)c(NC(=O)CS(C)(=O)=O)c2C(=O)N1. The van der Waals surface area contributed by atoms with Crippen LogP contribution in [0.5, 0.6) is 5.75 Å². The summed E-state index contributed by atoms with van der Waals surface area (Å²) in [6.45, 7) is 6.42. The number of nitrogens with one attached hydrogen (secondary N) is 2. The third-order valence-corrected chi connectivity index (χ3v) is 7.77. The molecule has 0 fully saturated rings. The fourth-order valence-corrected chi connectivity index (χ4v) is 5.57. The zero-order chi connectivity index (χ0) is 31.0. The molecule has 3 aromatic rings. The number of carbonyl (C=O) groups excluding carboxylic acids is 2. The summed E-state index contributed by atoms with van der Waals surface area (Å²) < 4.78 is 67.9. The molecule has 0 saturated carbocycles. The van der Waals surface area contributed by atoms with Crippen LogP contribution in [-0.2, 0) is 33.1 Å². The molecule has 0 aliphatic carbocycles. The van der Waals surface area contributed by atoms with Crippen molar-refractivity contribution < 1.29 is 35.9 Å². The average molecular weight is 607 g/mol. The number of amides is 2. The molecule has 1 aliphatic heterocycles. The number of rotatable bonds is 9. The van der Waals surface area contributed by atoms with Gasteiger partial charge < -0.3 is 15.4 Å². The Bertz CT molecular complexity index is 1620. The number of benzene rings is 2. The molecule has 2 N–H and O–H groups in total. The molecule has 4 rings (SSSR count). The third-order valence-electron chi connectivity index (χ3n) is 6.99. The Morgan fingerprint density at radius 1 is 1.19 bits per heavy atom. The Morgan fingerprint density at radius 3 is 2.43 bits per heavy atom. The molecule has 9 nitrogen and oxygen atoms in total. The lowest BCUT2D eigenvalue weighted by atomic mass is 9.85. The summed E-state index contributed by atoms with van der Waals surface area (Å²) in [7, 11) is -3.64. The van der Waals surface area contributed by atoms with Gasteiger partial charge in [-0.15, -0.1) is 0 Å². The minimum Gasteiger partial charge on any atom is -0.484 e. The Labute approximate surface area is 242 Å². The van der Waals surface area contributed by atoms with Gasteiger partial charge in [-0.3, -0.25) is 14.3 Å². The molecule has 226 valence electrons. The maximum atomic E-state index is 13.6. The van der Waals surface area contributed by atoms with Gasteiger partial charge in [-0.1, -0.05) is 51.1 Å². The number of fused-ring (bicyclic) bond motifs is 1. The number of alkyl halides is 3. The van der Waals surface area contributed by atoms with E-state index >= 15 is 0 Å². The largest absolute Gasteiger partial charge is 0.484 e. The number of aryl methyl sites for hydroxylation is 1. The van der Waals surface area contributed by atoms with Crippen molar-refractivity contribution in [1.29, 1.82) is 0 Å². The smallest absolute Gasteiger partial charge is 0.422 e. The fourth-order valence-electron chi connectivity index (χ4n) is 5.02. The highest BCUT2D eigenvalue weighted by Crippen LogP contribution is 2.38. The van der Waals surface area contributed by atoms with Gasteiger partial charge in [-0.2, -0.15) is 18.3 Å². The Balaban J connectivity index is 1.76. The molecule has 0 unspecified atom stereocenters. The van der Waals surface area contributed by atoms with Crippen LogP contribution in [0.2, 0.25) is 0 Å². The van der Waals surface area contributed by atoms with Gasteiger partial charge in [0.25, 0.3) is 5.91 Å². The lowest BCUT2D eigenvalue weighted by Crippen LogP contribution is -2.52. The number of nitrogens with zero attached hydrogens (tertiary/aromatic N) is 2. The maximum Gasteiger partial charge on any atom is 0.422 e. The maximum absolute atomic E-state index is 13.6. The molecule has 2 aromatic carbocycles. The van der Waals surface area contributed by atoms with E-state index in [-0.39, 0.29) is 29.6 Å². The quantitative estimate of drug-likeness (QED) is 0.361. The summed E-state index contributed by atoms with van der Waals surface area (Å²) in [5.74, 6) is -1.81. The van der Waals surface area contributed by atoms with E-state index in [0.717, 1.165) is 11.8 Å². The topological polar surface area (TPSA) is 119 Å². The van der Waals surface area contributed by atoms with Crippen LogP contribution in [-0.4, -0.2) is 54.8 Å². The van der Waals surface area contributed by atoms with Crippen molar-refractivity contribution in [1.82, 2.24) is 15.1 Å². The van der Waals surface area contributed by atoms with Crippen LogP contribution in [0.4, 0.5) is 18.9 Å². The summed E-state index contributed by atoms with van der Waals surface area (Å²) in [4.78, 5) is 26.3. The van der Waals surface area contributed by atoms with Crippen molar-refractivity contribution in [3.05, 3.63) is 64.8 Å². The molecule has 42 heavy (non-hydrogen) atoms. The van der Waals surface area contributed by atoms with Gasteiger partial charge in [0.15, 0.2) is 22.1 Å². The summed E-state index contributed by atoms with van der Waals surface area (Å²) in [6.07, 6.45) is -3.09. The second kappa shape index (κ2) is 11.4. The molecular weight excluding hydrogens is 573 g/mol. The van der Waals surface area contributed by atoms with Crippen LogP contribution < -0.4 is 15.4 Å². The molecule has 0 saturated heterocycles. The zero-order valence-corrected chi connectivity index (χ0v) is 24.7. The molecular formula is C29H33F3N4O5S. The third kappa shape index (κ3) is 6.94. The first kappa shape index (κ1) is 31.1. The summed E-state index contributed by atoms with van der Waals surface area (Å²) >= 11 is 0. The lowest BCUT2D eigenvalue weighted by Gasteiger charge is -2.37. The summed E-state index contributed by atoms with van der Waals surface area (Å²) in [5, 5.41) is 10.3. The molecule has 0 spiro atoms. The highest BCUT2D eigenvalue weighted by Gasteiger charge is 2.41. The second-order valence-electron chi connectivity index (χ2n) is 11.0. The average Bonchev–Trinajstić information content (AvgIpc) is 3.23. The fraction of sp³-hybridized carbons (Fsp3) is 0.414. The van der Waals surface area contributed by atoms with E-state index in [1.165, 1.54) is 16.8 Å². The lowest BCUT2D eigenvalue weighted by molar-refractivity contribution is -0.153. The van der Waals surface area contributed by atoms with Crippen LogP contribution in [0.25, 0.3) is 11.3 Å². The van der Waals surface area contributed by atoms with E-state index < -0.39 is 45.7 Å².